The molecule has 1 unspecified atom stereocenters. The number of benzene rings is 1. The van der Waals surface area contributed by atoms with Crippen LogP contribution in [0.3, 0.4) is 0 Å². The molecule has 2 amide bonds. The number of amides is 2. The van der Waals surface area contributed by atoms with E-state index in [1.165, 1.54) is 19.1 Å². The first kappa shape index (κ1) is 19.0. The lowest BCUT2D eigenvalue weighted by atomic mass is 10.1. The molecule has 2 aromatic rings. The highest BCUT2D eigenvalue weighted by Crippen LogP contribution is 2.22. The fourth-order valence-electron chi connectivity index (χ4n) is 2.13. The van der Waals surface area contributed by atoms with Gasteiger partial charge in [-0.05, 0) is 31.5 Å². The average molecular weight is 362 g/mol. The fourth-order valence-corrected chi connectivity index (χ4v) is 2.13. The minimum absolute atomic E-state index is 0.324. The van der Waals surface area contributed by atoms with Crippen molar-refractivity contribution in [3.05, 3.63) is 40.2 Å². The van der Waals surface area contributed by atoms with E-state index in [1.54, 1.807) is 19.1 Å². The number of nitrogens with one attached hydrogen (secondary N) is 2. The van der Waals surface area contributed by atoms with E-state index in [0.717, 1.165) is 10.9 Å². The summed E-state index contributed by atoms with van der Waals surface area (Å²) < 4.78 is 10.4. The van der Waals surface area contributed by atoms with E-state index in [1.807, 2.05) is 0 Å². The minimum atomic E-state index is -1.17. The average Bonchev–Trinajstić information content (AvgIpc) is 2.57. The second kappa shape index (κ2) is 8.15. The largest absolute Gasteiger partial charge is 0.484 e. The predicted octanol–water partition coefficient (Wildman–Crippen LogP) is 0.186. The Kier molecular flexibility index (Phi) is 5.94. The van der Waals surface area contributed by atoms with E-state index in [4.69, 9.17) is 14.3 Å². The van der Waals surface area contributed by atoms with Gasteiger partial charge in [0.2, 0.25) is 5.91 Å². The standard InChI is InChI=1S/C17H18N2O7/c1-9-5-16(22)26-13-6-11(3-4-12(9)13)25-8-15(21)18-7-14(20)19-10(2)17(23)24/h3-6,10H,7-8H2,1-2H3,(H,18,21)(H,19,20)(H,23,24). The van der Waals surface area contributed by atoms with Gasteiger partial charge in [-0.15, -0.1) is 0 Å². The summed E-state index contributed by atoms with van der Waals surface area (Å²) in [5.74, 6) is -2.04. The van der Waals surface area contributed by atoms with Crippen molar-refractivity contribution in [2.75, 3.05) is 13.2 Å². The summed E-state index contributed by atoms with van der Waals surface area (Å²) >= 11 is 0. The molecule has 3 N–H and O–H groups in total. The molecule has 0 saturated carbocycles. The fraction of sp³-hybridized carbons (Fsp3) is 0.294. The third-order valence-electron chi connectivity index (χ3n) is 3.49. The number of rotatable bonds is 7. The molecule has 1 aromatic carbocycles. The van der Waals surface area contributed by atoms with Crippen molar-refractivity contribution < 1.29 is 28.6 Å². The zero-order valence-electron chi connectivity index (χ0n) is 14.2. The smallest absolute Gasteiger partial charge is 0.336 e. The van der Waals surface area contributed by atoms with Crippen molar-refractivity contribution >= 4 is 28.8 Å². The van der Waals surface area contributed by atoms with Crippen LogP contribution in [-0.4, -0.2) is 42.1 Å². The Morgan fingerprint density at radius 1 is 1.23 bits per heavy atom. The van der Waals surface area contributed by atoms with Gasteiger partial charge in [0.25, 0.3) is 5.91 Å². The number of fused-ring (bicyclic) bond motifs is 1. The molecule has 0 aliphatic rings. The maximum Gasteiger partial charge on any atom is 0.336 e. The first-order valence-electron chi connectivity index (χ1n) is 7.72. The molecule has 1 atom stereocenters. The zero-order valence-corrected chi connectivity index (χ0v) is 14.2. The van der Waals surface area contributed by atoms with Crippen LogP contribution in [-0.2, 0) is 14.4 Å². The van der Waals surface area contributed by atoms with E-state index in [2.05, 4.69) is 10.6 Å². The Bertz CT molecular complexity index is 904. The van der Waals surface area contributed by atoms with Crippen LogP contribution in [0, 0.1) is 6.92 Å². The zero-order chi connectivity index (χ0) is 19.3. The summed E-state index contributed by atoms with van der Waals surface area (Å²) in [5, 5.41) is 13.9. The normalized spacial score (nSPS) is 11.6. The van der Waals surface area contributed by atoms with Crippen LogP contribution in [0.25, 0.3) is 11.0 Å². The maximum absolute atomic E-state index is 11.7. The SMILES string of the molecule is Cc1cc(=O)oc2cc(OCC(=O)NCC(=O)NC(C)C(=O)O)ccc12. The first-order valence-corrected chi connectivity index (χ1v) is 7.72. The molecular formula is C17H18N2O7. The van der Waals surface area contributed by atoms with Crippen LogP contribution in [0.1, 0.15) is 12.5 Å². The van der Waals surface area contributed by atoms with E-state index in [0.29, 0.717) is 11.3 Å². The van der Waals surface area contributed by atoms with Gasteiger partial charge >= 0.3 is 11.6 Å². The highest BCUT2D eigenvalue weighted by molar-refractivity contribution is 5.88. The lowest BCUT2D eigenvalue weighted by molar-refractivity contribution is -0.141. The summed E-state index contributed by atoms with van der Waals surface area (Å²) in [4.78, 5) is 45.2. The monoisotopic (exact) mass is 362 g/mol. The van der Waals surface area contributed by atoms with Crippen LogP contribution < -0.4 is 21.0 Å². The van der Waals surface area contributed by atoms with Gasteiger partial charge in [0, 0.05) is 17.5 Å². The highest BCUT2D eigenvalue weighted by Gasteiger charge is 2.14. The summed E-state index contributed by atoms with van der Waals surface area (Å²) in [6.45, 7) is 2.36. The topological polar surface area (TPSA) is 135 Å². The van der Waals surface area contributed by atoms with Gasteiger partial charge in [0.1, 0.15) is 17.4 Å². The van der Waals surface area contributed by atoms with E-state index >= 15 is 0 Å². The van der Waals surface area contributed by atoms with Gasteiger partial charge in [-0.2, -0.15) is 0 Å². The van der Waals surface area contributed by atoms with Crippen LogP contribution >= 0.6 is 0 Å². The molecule has 9 nitrogen and oxygen atoms in total. The van der Waals surface area contributed by atoms with Crippen molar-refractivity contribution in [2.24, 2.45) is 0 Å². The number of ether oxygens (including phenoxy) is 1. The van der Waals surface area contributed by atoms with Crippen molar-refractivity contribution in [1.29, 1.82) is 0 Å². The number of carboxylic acid groups (broad SMARTS) is 1. The van der Waals surface area contributed by atoms with Crippen molar-refractivity contribution in [2.45, 2.75) is 19.9 Å². The summed E-state index contributed by atoms with van der Waals surface area (Å²) in [6.07, 6.45) is 0. The molecule has 2 rings (SSSR count). The Hall–Kier alpha value is -3.36. The molecule has 1 heterocycles. The molecule has 0 aliphatic carbocycles. The lowest BCUT2D eigenvalue weighted by Crippen LogP contribution is -2.44. The van der Waals surface area contributed by atoms with E-state index in [-0.39, 0.29) is 13.2 Å². The Morgan fingerprint density at radius 3 is 2.65 bits per heavy atom. The van der Waals surface area contributed by atoms with E-state index < -0.39 is 29.5 Å². The molecule has 0 spiro atoms. The maximum atomic E-state index is 11.7. The quantitative estimate of drug-likeness (QED) is 0.598. The number of aliphatic carboxylic acids is 1. The Labute approximate surface area is 147 Å². The molecule has 9 heteroatoms. The van der Waals surface area contributed by atoms with Gasteiger partial charge in [0.05, 0.1) is 6.54 Å². The van der Waals surface area contributed by atoms with Crippen molar-refractivity contribution in [3.8, 4) is 5.75 Å². The molecule has 0 saturated heterocycles. The van der Waals surface area contributed by atoms with Crippen LogP contribution in [0.5, 0.6) is 5.75 Å². The van der Waals surface area contributed by atoms with Gasteiger partial charge in [0.15, 0.2) is 6.61 Å². The van der Waals surface area contributed by atoms with Crippen molar-refractivity contribution in [1.82, 2.24) is 10.6 Å². The van der Waals surface area contributed by atoms with Crippen LogP contribution in [0.15, 0.2) is 33.5 Å². The van der Waals surface area contributed by atoms with Crippen molar-refractivity contribution in [3.63, 3.8) is 0 Å². The van der Waals surface area contributed by atoms with Gasteiger partial charge < -0.3 is 24.9 Å². The third kappa shape index (κ3) is 5.07. The molecule has 0 bridgehead atoms. The Balaban J connectivity index is 1.87. The molecule has 1 aromatic heterocycles. The van der Waals surface area contributed by atoms with E-state index in [9.17, 15) is 19.2 Å². The number of carboxylic acids is 1. The number of hydrogen-bond donors (Lipinski definition) is 3. The third-order valence-corrected chi connectivity index (χ3v) is 3.49. The number of carbonyl (C=O) groups excluding carboxylic acids is 2. The summed E-state index contributed by atoms with van der Waals surface area (Å²) in [6, 6.07) is 5.17. The molecular weight excluding hydrogens is 344 g/mol. The summed E-state index contributed by atoms with van der Waals surface area (Å²) in [7, 11) is 0. The highest BCUT2D eigenvalue weighted by atomic mass is 16.5. The van der Waals surface area contributed by atoms with Gasteiger partial charge in [-0.1, -0.05) is 0 Å². The summed E-state index contributed by atoms with van der Waals surface area (Å²) in [5.41, 5.74) is 0.628. The number of carbonyl (C=O) groups is 3. The molecule has 138 valence electrons. The molecule has 26 heavy (non-hydrogen) atoms. The minimum Gasteiger partial charge on any atom is -0.484 e. The Morgan fingerprint density at radius 2 is 1.96 bits per heavy atom. The first-order chi connectivity index (χ1) is 12.3. The second-order valence-electron chi connectivity index (χ2n) is 5.60. The van der Waals surface area contributed by atoms with Gasteiger partial charge in [-0.3, -0.25) is 14.4 Å². The molecule has 0 radical (unpaired) electrons. The number of aryl methyl sites for hydroxylation is 1. The van der Waals surface area contributed by atoms with Crippen LogP contribution in [0.4, 0.5) is 0 Å². The molecule has 0 aliphatic heterocycles. The second-order valence-corrected chi connectivity index (χ2v) is 5.60. The van der Waals surface area contributed by atoms with Gasteiger partial charge in [-0.25, -0.2) is 4.79 Å². The predicted molar refractivity (Wildman–Crippen MR) is 91.0 cm³/mol. The number of hydrogen-bond acceptors (Lipinski definition) is 6. The molecule has 0 fully saturated rings. The van der Waals surface area contributed by atoms with Crippen LogP contribution in [0.2, 0.25) is 0 Å². The lowest BCUT2D eigenvalue weighted by Gasteiger charge is -2.10.